The van der Waals surface area contributed by atoms with Crippen LogP contribution in [0.4, 0.5) is 0 Å². The fourth-order valence-corrected chi connectivity index (χ4v) is 2.32. The smallest absolute Gasteiger partial charge is 0.306 e. The highest BCUT2D eigenvalue weighted by Gasteiger charge is 2.08. The van der Waals surface area contributed by atoms with Crippen molar-refractivity contribution < 1.29 is 23.8 Å². The summed E-state index contributed by atoms with van der Waals surface area (Å²) in [7, 11) is 1.60. The van der Waals surface area contributed by atoms with Crippen LogP contribution in [0.1, 0.15) is 24.0 Å². The summed E-state index contributed by atoms with van der Waals surface area (Å²) >= 11 is 0. The molecule has 0 aliphatic heterocycles. The van der Waals surface area contributed by atoms with Crippen molar-refractivity contribution in [1.82, 2.24) is 5.32 Å². The maximum absolute atomic E-state index is 11.8. The molecule has 6 heteroatoms. The van der Waals surface area contributed by atoms with E-state index in [0.29, 0.717) is 19.6 Å². The van der Waals surface area contributed by atoms with Crippen molar-refractivity contribution in [2.45, 2.75) is 26.3 Å². The zero-order valence-electron chi connectivity index (χ0n) is 15.7. The fourth-order valence-electron chi connectivity index (χ4n) is 2.32. The van der Waals surface area contributed by atoms with Crippen molar-refractivity contribution in [1.29, 1.82) is 0 Å². The first-order chi connectivity index (χ1) is 13.1. The summed E-state index contributed by atoms with van der Waals surface area (Å²) in [5.41, 5.74) is 2.05. The zero-order valence-corrected chi connectivity index (χ0v) is 15.7. The Bertz CT molecular complexity index is 742. The van der Waals surface area contributed by atoms with E-state index in [0.717, 1.165) is 22.6 Å². The van der Waals surface area contributed by atoms with E-state index in [9.17, 15) is 9.59 Å². The van der Waals surface area contributed by atoms with Crippen molar-refractivity contribution in [3.8, 4) is 11.5 Å². The maximum atomic E-state index is 11.8. The number of amides is 1. The number of nitrogens with one attached hydrogen (secondary N) is 1. The lowest BCUT2D eigenvalue weighted by Gasteiger charge is -2.08. The van der Waals surface area contributed by atoms with Gasteiger partial charge in [-0.05, 0) is 48.7 Å². The molecule has 0 radical (unpaired) electrons. The van der Waals surface area contributed by atoms with Gasteiger partial charge in [0.2, 0.25) is 0 Å². The monoisotopic (exact) mass is 371 g/mol. The number of esters is 1. The van der Waals surface area contributed by atoms with Gasteiger partial charge in [-0.3, -0.25) is 9.59 Å². The van der Waals surface area contributed by atoms with Gasteiger partial charge in [-0.2, -0.15) is 0 Å². The molecule has 0 saturated heterocycles. The molecule has 0 heterocycles. The zero-order chi connectivity index (χ0) is 19.5. The molecule has 0 aromatic heterocycles. The Labute approximate surface area is 159 Å². The summed E-state index contributed by atoms with van der Waals surface area (Å²) in [5, 5.41) is 2.70. The summed E-state index contributed by atoms with van der Waals surface area (Å²) in [5.74, 6) is 0.782. The molecule has 6 nitrogen and oxygen atoms in total. The molecule has 27 heavy (non-hydrogen) atoms. The molecule has 0 aliphatic carbocycles. The molecule has 0 saturated carbocycles. The lowest BCUT2D eigenvalue weighted by Crippen LogP contribution is -2.28. The first-order valence-corrected chi connectivity index (χ1v) is 8.81. The number of ether oxygens (including phenoxy) is 3. The Morgan fingerprint density at radius 2 is 1.81 bits per heavy atom. The second-order valence-corrected chi connectivity index (χ2v) is 6.05. The van der Waals surface area contributed by atoms with Crippen LogP contribution in [-0.2, 0) is 20.9 Å². The standard InChI is InChI=1S/C21H25NO5/c1-16-5-3-6-19(13-16)26-12-4-7-21(24)27-15-20(23)22-14-17-8-10-18(25-2)11-9-17/h3,5-6,8-11,13H,4,7,12,14-15H2,1-2H3,(H,22,23). The lowest BCUT2D eigenvalue weighted by molar-refractivity contribution is -0.148. The number of carbonyl (C=O) groups is 2. The van der Waals surface area contributed by atoms with E-state index in [1.165, 1.54) is 0 Å². The third kappa shape index (κ3) is 7.81. The van der Waals surface area contributed by atoms with E-state index in [2.05, 4.69) is 5.32 Å². The van der Waals surface area contributed by atoms with Crippen LogP contribution in [0.2, 0.25) is 0 Å². The van der Waals surface area contributed by atoms with Gasteiger partial charge in [0, 0.05) is 13.0 Å². The predicted octanol–water partition coefficient (Wildman–Crippen LogP) is 3.02. The summed E-state index contributed by atoms with van der Waals surface area (Å²) in [6, 6.07) is 15.1. The normalized spacial score (nSPS) is 10.1. The van der Waals surface area contributed by atoms with Gasteiger partial charge in [-0.25, -0.2) is 0 Å². The Balaban J connectivity index is 1.56. The molecular weight excluding hydrogens is 346 g/mol. The van der Waals surface area contributed by atoms with E-state index >= 15 is 0 Å². The second-order valence-electron chi connectivity index (χ2n) is 6.05. The number of carbonyl (C=O) groups excluding carboxylic acids is 2. The number of rotatable bonds is 10. The summed E-state index contributed by atoms with van der Waals surface area (Å²) in [6.07, 6.45) is 0.734. The molecule has 2 aromatic carbocycles. The van der Waals surface area contributed by atoms with Gasteiger partial charge in [-0.1, -0.05) is 24.3 Å². The minimum atomic E-state index is -0.414. The number of methoxy groups -OCH3 is 1. The lowest BCUT2D eigenvalue weighted by atomic mass is 10.2. The maximum Gasteiger partial charge on any atom is 0.306 e. The van der Waals surface area contributed by atoms with E-state index in [-0.39, 0.29) is 18.9 Å². The van der Waals surface area contributed by atoms with Gasteiger partial charge >= 0.3 is 5.97 Å². The molecule has 2 aromatic rings. The van der Waals surface area contributed by atoms with Crippen molar-refractivity contribution in [2.24, 2.45) is 0 Å². The van der Waals surface area contributed by atoms with Crippen LogP contribution in [0, 0.1) is 6.92 Å². The van der Waals surface area contributed by atoms with Crippen LogP contribution in [0.5, 0.6) is 11.5 Å². The van der Waals surface area contributed by atoms with Crippen molar-refractivity contribution in [3.05, 3.63) is 59.7 Å². The predicted molar refractivity (Wildman–Crippen MR) is 102 cm³/mol. The second kappa shape index (κ2) is 10.9. The van der Waals surface area contributed by atoms with E-state index < -0.39 is 5.97 Å². The summed E-state index contributed by atoms with van der Waals surface area (Å²) in [4.78, 5) is 23.4. The molecule has 0 bridgehead atoms. The first-order valence-electron chi connectivity index (χ1n) is 8.81. The Morgan fingerprint density at radius 1 is 1.04 bits per heavy atom. The van der Waals surface area contributed by atoms with E-state index in [1.807, 2.05) is 55.5 Å². The van der Waals surface area contributed by atoms with Gasteiger partial charge in [0.25, 0.3) is 5.91 Å². The highest BCUT2D eigenvalue weighted by molar-refractivity contribution is 5.80. The quantitative estimate of drug-likeness (QED) is 0.513. The molecule has 0 spiro atoms. The van der Waals surface area contributed by atoms with Crippen LogP contribution in [0.3, 0.4) is 0 Å². The van der Waals surface area contributed by atoms with Crippen LogP contribution in [0.15, 0.2) is 48.5 Å². The molecule has 0 aliphatic rings. The molecule has 1 amide bonds. The number of hydrogen-bond donors (Lipinski definition) is 1. The largest absolute Gasteiger partial charge is 0.497 e. The molecule has 144 valence electrons. The first kappa shape index (κ1) is 20.3. The molecule has 0 unspecified atom stereocenters. The summed E-state index contributed by atoms with van der Waals surface area (Å²) in [6.45, 7) is 2.49. The topological polar surface area (TPSA) is 73.9 Å². The number of aryl methyl sites for hydroxylation is 1. The Hall–Kier alpha value is -3.02. The van der Waals surface area contributed by atoms with Crippen LogP contribution >= 0.6 is 0 Å². The SMILES string of the molecule is COc1ccc(CNC(=O)COC(=O)CCCOc2cccc(C)c2)cc1. The highest BCUT2D eigenvalue weighted by Crippen LogP contribution is 2.13. The van der Waals surface area contributed by atoms with Gasteiger partial charge in [0.1, 0.15) is 11.5 Å². The molecule has 0 fully saturated rings. The van der Waals surface area contributed by atoms with Crippen molar-refractivity contribution in [3.63, 3.8) is 0 Å². The highest BCUT2D eigenvalue weighted by atomic mass is 16.5. The van der Waals surface area contributed by atoms with Gasteiger partial charge in [0.15, 0.2) is 6.61 Å². The molecule has 2 rings (SSSR count). The average Bonchev–Trinajstić information content (AvgIpc) is 2.68. The van der Waals surface area contributed by atoms with Crippen LogP contribution in [-0.4, -0.2) is 32.2 Å². The van der Waals surface area contributed by atoms with Crippen molar-refractivity contribution in [2.75, 3.05) is 20.3 Å². The molecule has 1 N–H and O–H groups in total. The van der Waals surface area contributed by atoms with Gasteiger partial charge < -0.3 is 19.5 Å². The van der Waals surface area contributed by atoms with E-state index in [1.54, 1.807) is 7.11 Å². The fraction of sp³-hybridized carbons (Fsp3) is 0.333. The van der Waals surface area contributed by atoms with Gasteiger partial charge in [-0.15, -0.1) is 0 Å². The van der Waals surface area contributed by atoms with Crippen molar-refractivity contribution >= 4 is 11.9 Å². The Kier molecular flexibility index (Phi) is 8.16. The third-order valence-electron chi connectivity index (χ3n) is 3.80. The van der Waals surface area contributed by atoms with E-state index in [4.69, 9.17) is 14.2 Å². The summed E-state index contributed by atoms with van der Waals surface area (Å²) < 4.78 is 15.6. The average molecular weight is 371 g/mol. The van der Waals surface area contributed by atoms with Crippen LogP contribution in [0.25, 0.3) is 0 Å². The minimum absolute atomic E-state index is 0.206. The molecule has 0 atom stereocenters. The van der Waals surface area contributed by atoms with Crippen LogP contribution < -0.4 is 14.8 Å². The molecular formula is C21H25NO5. The van der Waals surface area contributed by atoms with Gasteiger partial charge in [0.05, 0.1) is 13.7 Å². The Morgan fingerprint density at radius 3 is 2.52 bits per heavy atom. The number of benzene rings is 2. The number of hydrogen-bond acceptors (Lipinski definition) is 5. The minimum Gasteiger partial charge on any atom is -0.497 e. The third-order valence-corrected chi connectivity index (χ3v) is 3.80.